The first kappa shape index (κ1) is 23.0. The van der Waals surface area contributed by atoms with Crippen molar-refractivity contribution in [2.75, 3.05) is 24.6 Å². The van der Waals surface area contributed by atoms with Crippen molar-refractivity contribution in [3.63, 3.8) is 0 Å². The van der Waals surface area contributed by atoms with Crippen molar-refractivity contribution in [1.29, 1.82) is 0 Å². The molecule has 1 atom stereocenters. The number of aryl methyl sites for hydroxylation is 1. The van der Waals surface area contributed by atoms with Crippen molar-refractivity contribution in [1.82, 2.24) is 15.3 Å². The summed E-state index contributed by atoms with van der Waals surface area (Å²) in [5.74, 6) is 0.911. The molecule has 1 amide bonds. The van der Waals surface area contributed by atoms with Crippen LogP contribution in [0.3, 0.4) is 0 Å². The van der Waals surface area contributed by atoms with E-state index in [0.29, 0.717) is 13.2 Å². The van der Waals surface area contributed by atoms with Crippen LogP contribution in [0.2, 0.25) is 0 Å². The molecule has 4 aromatic rings. The van der Waals surface area contributed by atoms with Crippen LogP contribution in [0.25, 0.3) is 22.0 Å². The van der Waals surface area contributed by atoms with Gasteiger partial charge in [0.2, 0.25) is 5.91 Å². The lowest BCUT2D eigenvalue weighted by Crippen LogP contribution is -2.41. The molecule has 2 aromatic heterocycles. The number of fused-ring (bicyclic) bond motifs is 1. The third-order valence-corrected chi connectivity index (χ3v) is 6.46. The fourth-order valence-corrected chi connectivity index (χ4v) is 4.68. The lowest BCUT2D eigenvalue weighted by Gasteiger charge is -2.32. The van der Waals surface area contributed by atoms with Crippen molar-refractivity contribution in [2.45, 2.75) is 32.9 Å². The SMILES string of the molecule is Cc1nc2ccccc2c(-c2ccccc2)c1CC(=O)NCc1ccc(N2CCOC(C)C2)nc1. The van der Waals surface area contributed by atoms with Gasteiger partial charge in [-0.1, -0.05) is 54.6 Å². The number of nitrogens with one attached hydrogen (secondary N) is 1. The Hall–Kier alpha value is -3.77. The molecule has 35 heavy (non-hydrogen) atoms. The number of carbonyl (C=O) groups excluding carboxylic acids is 1. The average Bonchev–Trinajstić information content (AvgIpc) is 2.89. The molecular formula is C29H30N4O2. The molecule has 1 fully saturated rings. The van der Waals surface area contributed by atoms with Gasteiger partial charge in [0, 0.05) is 36.9 Å². The van der Waals surface area contributed by atoms with Crippen LogP contribution in [0.1, 0.15) is 23.7 Å². The molecule has 3 heterocycles. The van der Waals surface area contributed by atoms with Crippen LogP contribution in [0.5, 0.6) is 0 Å². The number of hydrogen-bond acceptors (Lipinski definition) is 5. The van der Waals surface area contributed by atoms with Gasteiger partial charge in [-0.05, 0) is 48.2 Å². The van der Waals surface area contributed by atoms with E-state index in [9.17, 15) is 4.79 Å². The van der Waals surface area contributed by atoms with Gasteiger partial charge in [-0.25, -0.2) is 4.98 Å². The number of nitrogens with zero attached hydrogens (tertiary/aromatic N) is 3. The summed E-state index contributed by atoms with van der Waals surface area (Å²) < 4.78 is 5.61. The van der Waals surface area contributed by atoms with Crippen LogP contribution in [-0.2, 0) is 22.5 Å². The Morgan fingerprint density at radius 2 is 1.89 bits per heavy atom. The molecular weight excluding hydrogens is 436 g/mol. The third-order valence-electron chi connectivity index (χ3n) is 6.46. The molecule has 6 heteroatoms. The Morgan fingerprint density at radius 1 is 1.09 bits per heavy atom. The van der Waals surface area contributed by atoms with E-state index in [0.717, 1.165) is 57.8 Å². The predicted octanol–water partition coefficient (Wildman–Crippen LogP) is 4.69. The average molecular weight is 467 g/mol. The lowest BCUT2D eigenvalue weighted by atomic mass is 9.92. The second-order valence-corrected chi connectivity index (χ2v) is 9.04. The Labute approximate surface area is 206 Å². The number of ether oxygens (including phenoxy) is 1. The van der Waals surface area contributed by atoms with E-state index < -0.39 is 0 Å². The molecule has 1 N–H and O–H groups in total. The van der Waals surface area contributed by atoms with Crippen molar-refractivity contribution < 1.29 is 9.53 Å². The lowest BCUT2D eigenvalue weighted by molar-refractivity contribution is -0.120. The Balaban J connectivity index is 1.32. The van der Waals surface area contributed by atoms with E-state index >= 15 is 0 Å². The predicted molar refractivity (Wildman–Crippen MR) is 139 cm³/mol. The fourth-order valence-electron chi connectivity index (χ4n) is 4.68. The molecule has 2 aromatic carbocycles. The Kier molecular flexibility index (Phi) is 6.73. The zero-order chi connectivity index (χ0) is 24.2. The summed E-state index contributed by atoms with van der Waals surface area (Å²) in [6.07, 6.45) is 2.32. The van der Waals surface area contributed by atoms with E-state index in [1.54, 1.807) is 0 Å². The minimum Gasteiger partial charge on any atom is -0.375 e. The molecule has 178 valence electrons. The van der Waals surface area contributed by atoms with Gasteiger partial charge in [-0.3, -0.25) is 9.78 Å². The first-order valence-electron chi connectivity index (χ1n) is 12.1. The van der Waals surface area contributed by atoms with Crippen molar-refractivity contribution >= 4 is 22.6 Å². The highest BCUT2D eigenvalue weighted by Gasteiger charge is 2.19. The number of morpholine rings is 1. The van der Waals surface area contributed by atoms with Crippen LogP contribution >= 0.6 is 0 Å². The molecule has 0 radical (unpaired) electrons. The Morgan fingerprint density at radius 3 is 2.66 bits per heavy atom. The second kappa shape index (κ2) is 10.2. The van der Waals surface area contributed by atoms with Crippen molar-refractivity contribution in [3.05, 3.63) is 89.7 Å². The first-order valence-corrected chi connectivity index (χ1v) is 12.1. The Bertz CT molecular complexity index is 1320. The largest absolute Gasteiger partial charge is 0.375 e. The summed E-state index contributed by atoms with van der Waals surface area (Å²) in [6.45, 7) is 6.89. The topological polar surface area (TPSA) is 67.4 Å². The normalized spacial score (nSPS) is 15.8. The number of carbonyl (C=O) groups is 1. The minimum atomic E-state index is -0.0338. The maximum atomic E-state index is 13.0. The maximum Gasteiger partial charge on any atom is 0.224 e. The molecule has 1 aliphatic heterocycles. The van der Waals surface area contributed by atoms with Gasteiger partial charge < -0.3 is 15.0 Å². The fraction of sp³-hybridized carbons (Fsp3) is 0.276. The summed E-state index contributed by atoms with van der Waals surface area (Å²) >= 11 is 0. The van der Waals surface area contributed by atoms with Crippen LogP contribution in [0.4, 0.5) is 5.82 Å². The number of hydrogen-bond donors (Lipinski definition) is 1. The van der Waals surface area contributed by atoms with Crippen LogP contribution in [-0.4, -0.2) is 41.7 Å². The van der Waals surface area contributed by atoms with Crippen molar-refractivity contribution in [3.8, 4) is 11.1 Å². The van der Waals surface area contributed by atoms with Crippen molar-refractivity contribution in [2.24, 2.45) is 0 Å². The maximum absolute atomic E-state index is 13.0. The summed E-state index contributed by atoms with van der Waals surface area (Å²) in [5.41, 5.74) is 5.92. The van der Waals surface area contributed by atoms with Crippen LogP contribution < -0.4 is 10.2 Å². The van der Waals surface area contributed by atoms with E-state index in [4.69, 9.17) is 9.72 Å². The first-order chi connectivity index (χ1) is 17.1. The van der Waals surface area contributed by atoms with Gasteiger partial charge in [0.05, 0.1) is 24.6 Å². The zero-order valence-corrected chi connectivity index (χ0v) is 20.2. The summed E-state index contributed by atoms with van der Waals surface area (Å²) in [7, 11) is 0. The zero-order valence-electron chi connectivity index (χ0n) is 20.2. The van der Waals surface area contributed by atoms with Gasteiger partial charge in [0.15, 0.2) is 0 Å². The number of amides is 1. The van der Waals surface area contributed by atoms with E-state index in [-0.39, 0.29) is 18.4 Å². The van der Waals surface area contributed by atoms with Crippen LogP contribution in [0.15, 0.2) is 72.9 Å². The summed E-state index contributed by atoms with van der Waals surface area (Å²) in [6, 6.07) is 22.4. The quantitative estimate of drug-likeness (QED) is 0.447. The standard InChI is InChI=1S/C29H30N4O2/c1-20-19-33(14-15-35-20)27-13-12-22(17-30-27)18-31-28(34)16-25-21(2)32-26-11-7-6-10-24(26)29(25)23-8-4-3-5-9-23/h3-13,17,20H,14-16,18-19H2,1-2H3,(H,31,34). The number of benzene rings is 2. The highest BCUT2D eigenvalue weighted by Crippen LogP contribution is 2.33. The summed E-state index contributed by atoms with van der Waals surface area (Å²) in [4.78, 5) is 24.7. The van der Waals surface area contributed by atoms with Gasteiger partial charge in [0.25, 0.3) is 0 Å². The smallest absolute Gasteiger partial charge is 0.224 e. The number of para-hydroxylation sites is 1. The molecule has 1 unspecified atom stereocenters. The molecule has 5 rings (SSSR count). The van der Waals surface area contributed by atoms with Gasteiger partial charge in [0.1, 0.15) is 5.82 Å². The third kappa shape index (κ3) is 5.17. The molecule has 0 saturated carbocycles. The minimum absolute atomic E-state index is 0.0338. The van der Waals surface area contributed by atoms with Crippen LogP contribution in [0, 0.1) is 6.92 Å². The van der Waals surface area contributed by atoms with Gasteiger partial charge >= 0.3 is 0 Å². The van der Waals surface area contributed by atoms with E-state index in [2.05, 4.69) is 40.3 Å². The van der Waals surface area contributed by atoms with Gasteiger partial charge in [-0.2, -0.15) is 0 Å². The van der Waals surface area contributed by atoms with E-state index in [1.165, 1.54) is 0 Å². The molecule has 0 spiro atoms. The number of pyridine rings is 2. The molecule has 6 nitrogen and oxygen atoms in total. The second-order valence-electron chi connectivity index (χ2n) is 9.04. The molecule has 0 bridgehead atoms. The molecule has 1 saturated heterocycles. The molecule has 0 aliphatic carbocycles. The highest BCUT2D eigenvalue weighted by molar-refractivity contribution is 5.98. The number of anilines is 1. The highest BCUT2D eigenvalue weighted by atomic mass is 16.5. The van der Waals surface area contributed by atoms with Gasteiger partial charge in [-0.15, -0.1) is 0 Å². The number of aromatic nitrogens is 2. The number of rotatable bonds is 6. The van der Waals surface area contributed by atoms with E-state index in [1.807, 2.05) is 61.7 Å². The molecule has 1 aliphatic rings. The summed E-state index contributed by atoms with van der Waals surface area (Å²) in [5, 5.41) is 4.13. The monoisotopic (exact) mass is 466 g/mol.